The van der Waals surface area contributed by atoms with E-state index in [0.717, 1.165) is 5.88 Å². The molecule has 1 aromatic rings. The van der Waals surface area contributed by atoms with Crippen LogP contribution in [-0.4, -0.2) is 16.7 Å². The monoisotopic (exact) mass is 154 g/mol. The first kappa shape index (κ1) is 8.11. The maximum Gasteiger partial charge on any atom is 0.213 e. The predicted molar refractivity (Wildman–Crippen MR) is 43.8 cm³/mol. The summed E-state index contributed by atoms with van der Waals surface area (Å²) < 4.78 is 7.11. The highest BCUT2D eigenvalue weighted by Gasteiger charge is 2.15. The van der Waals surface area contributed by atoms with Gasteiger partial charge in [0.2, 0.25) is 5.88 Å². The maximum absolute atomic E-state index is 5.11. The third kappa shape index (κ3) is 1.53. The molecule has 1 heterocycles. The van der Waals surface area contributed by atoms with Crippen molar-refractivity contribution in [3.05, 3.63) is 12.5 Å². The summed E-state index contributed by atoms with van der Waals surface area (Å²) in [5.74, 6) is 0.803. The number of rotatable bonds is 1. The fraction of sp³-hybridized carbons (Fsp3) is 0.625. The molecule has 62 valence electrons. The lowest BCUT2D eigenvalue weighted by Crippen LogP contribution is -2.21. The highest BCUT2D eigenvalue weighted by Crippen LogP contribution is 2.20. The van der Waals surface area contributed by atoms with Crippen molar-refractivity contribution in [2.24, 2.45) is 0 Å². The minimum Gasteiger partial charge on any atom is -0.481 e. The molecule has 11 heavy (non-hydrogen) atoms. The molecular formula is C8H14N2O. The van der Waals surface area contributed by atoms with Crippen molar-refractivity contribution >= 4 is 0 Å². The predicted octanol–water partition coefficient (Wildman–Crippen LogP) is 1.65. The summed E-state index contributed by atoms with van der Waals surface area (Å²) in [6.45, 7) is 6.32. The van der Waals surface area contributed by atoms with Gasteiger partial charge < -0.3 is 4.74 Å². The van der Waals surface area contributed by atoms with Crippen LogP contribution in [0.2, 0.25) is 0 Å². The molecule has 0 N–H and O–H groups in total. The third-order valence-electron chi connectivity index (χ3n) is 1.54. The smallest absolute Gasteiger partial charge is 0.213 e. The van der Waals surface area contributed by atoms with Gasteiger partial charge in [-0.25, -0.2) is 4.98 Å². The molecule has 0 fully saturated rings. The quantitative estimate of drug-likeness (QED) is 0.615. The summed E-state index contributed by atoms with van der Waals surface area (Å²) in [5, 5.41) is 0. The molecule has 0 aromatic carbocycles. The average Bonchev–Trinajstić information content (AvgIpc) is 2.31. The largest absolute Gasteiger partial charge is 0.481 e. The molecule has 0 bridgehead atoms. The molecule has 0 unspecified atom stereocenters. The van der Waals surface area contributed by atoms with Crippen LogP contribution in [0.1, 0.15) is 20.8 Å². The average molecular weight is 154 g/mol. The zero-order valence-corrected chi connectivity index (χ0v) is 7.46. The first-order chi connectivity index (χ1) is 5.05. The molecule has 0 aliphatic heterocycles. The Bertz CT molecular complexity index is 234. The van der Waals surface area contributed by atoms with Crippen molar-refractivity contribution in [3.63, 3.8) is 0 Å². The lowest BCUT2D eigenvalue weighted by Gasteiger charge is -2.22. The van der Waals surface area contributed by atoms with E-state index in [4.69, 9.17) is 4.74 Å². The summed E-state index contributed by atoms with van der Waals surface area (Å²) in [4.78, 5) is 4.00. The number of hydrogen-bond donors (Lipinski definition) is 0. The fourth-order valence-corrected chi connectivity index (χ4v) is 0.938. The Morgan fingerprint density at radius 3 is 2.45 bits per heavy atom. The molecule has 0 atom stereocenters. The minimum atomic E-state index is 0.0435. The molecule has 0 saturated heterocycles. The highest BCUT2D eigenvalue weighted by atomic mass is 16.5. The van der Waals surface area contributed by atoms with Crippen molar-refractivity contribution in [3.8, 4) is 5.88 Å². The summed E-state index contributed by atoms with van der Waals surface area (Å²) >= 11 is 0. The van der Waals surface area contributed by atoms with Crippen LogP contribution in [0.4, 0.5) is 0 Å². The van der Waals surface area contributed by atoms with Crippen molar-refractivity contribution in [2.75, 3.05) is 7.11 Å². The Labute approximate surface area is 67.0 Å². The SMILES string of the molecule is COc1cncn1C(C)(C)C. The Morgan fingerprint density at radius 1 is 1.45 bits per heavy atom. The number of methoxy groups -OCH3 is 1. The summed E-state index contributed by atoms with van der Waals surface area (Å²) in [6, 6.07) is 0. The second-order valence-electron chi connectivity index (χ2n) is 3.48. The summed E-state index contributed by atoms with van der Waals surface area (Å²) in [7, 11) is 1.65. The molecule has 1 aromatic heterocycles. The van der Waals surface area contributed by atoms with Crippen molar-refractivity contribution in [2.45, 2.75) is 26.3 Å². The van der Waals surface area contributed by atoms with Gasteiger partial charge in [0.1, 0.15) is 0 Å². The van der Waals surface area contributed by atoms with E-state index in [9.17, 15) is 0 Å². The lowest BCUT2D eigenvalue weighted by molar-refractivity contribution is 0.308. The van der Waals surface area contributed by atoms with Crippen molar-refractivity contribution in [1.29, 1.82) is 0 Å². The van der Waals surface area contributed by atoms with Crippen LogP contribution in [0.15, 0.2) is 12.5 Å². The van der Waals surface area contributed by atoms with Crippen LogP contribution in [0.25, 0.3) is 0 Å². The third-order valence-corrected chi connectivity index (χ3v) is 1.54. The van der Waals surface area contributed by atoms with Gasteiger partial charge in [0.25, 0.3) is 0 Å². The van der Waals surface area contributed by atoms with E-state index in [2.05, 4.69) is 25.8 Å². The zero-order valence-electron chi connectivity index (χ0n) is 7.46. The number of aromatic nitrogens is 2. The molecule has 0 amide bonds. The van der Waals surface area contributed by atoms with Crippen LogP contribution in [-0.2, 0) is 5.54 Å². The van der Waals surface area contributed by atoms with Gasteiger partial charge in [0.15, 0.2) is 0 Å². The molecule has 0 radical (unpaired) electrons. The van der Waals surface area contributed by atoms with Crippen molar-refractivity contribution in [1.82, 2.24) is 9.55 Å². The maximum atomic E-state index is 5.11. The van der Waals surface area contributed by atoms with E-state index in [0.29, 0.717) is 0 Å². The molecule has 3 nitrogen and oxygen atoms in total. The van der Waals surface area contributed by atoms with Gasteiger partial charge in [-0.1, -0.05) is 0 Å². The van der Waals surface area contributed by atoms with E-state index in [1.165, 1.54) is 0 Å². The molecule has 0 saturated carbocycles. The summed E-state index contributed by atoms with van der Waals surface area (Å²) in [5.41, 5.74) is 0.0435. The molecule has 1 rings (SSSR count). The van der Waals surface area contributed by atoms with Gasteiger partial charge >= 0.3 is 0 Å². The van der Waals surface area contributed by atoms with Crippen LogP contribution < -0.4 is 4.74 Å². The Balaban J connectivity index is 3.02. The molecular weight excluding hydrogens is 140 g/mol. The number of nitrogens with zero attached hydrogens (tertiary/aromatic N) is 2. The standard InChI is InChI=1S/C8H14N2O/c1-8(2,3)10-6-9-5-7(10)11-4/h5-6H,1-4H3. The Hall–Kier alpha value is -0.990. The second kappa shape index (κ2) is 2.57. The van der Waals surface area contributed by atoms with E-state index in [1.54, 1.807) is 19.6 Å². The molecule has 0 spiro atoms. The molecule has 0 aliphatic rings. The number of hydrogen-bond acceptors (Lipinski definition) is 2. The molecule has 0 aliphatic carbocycles. The zero-order chi connectivity index (χ0) is 8.48. The number of ether oxygens (including phenoxy) is 1. The minimum absolute atomic E-state index is 0.0435. The van der Waals surface area contributed by atoms with Gasteiger partial charge in [-0.15, -0.1) is 0 Å². The van der Waals surface area contributed by atoms with E-state index >= 15 is 0 Å². The van der Waals surface area contributed by atoms with E-state index in [-0.39, 0.29) is 5.54 Å². The van der Waals surface area contributed by atoms with E-state index in [1.807, 2.05) is 4.57 Å². The van der Waals surface area contributed by atoms with Crippen LogP contribution in [0.5, 0.6) is 5.88 Å². The van der Waals surface area contributed by atoms with Gasteiger partial charge in [-0.3, -0.25) is 4.57 Å². The summed E-state index contributed by atoms with van der Waals surface area (Å²) in [6.07, 6.45) is 3.49. The van der Waals surface area contributed by atoms with E-state index < -0.39 is 0 Å². The molecule has 3 heteroatoms. The fourth-order valence-electron chi connectivity index (χ4n) is 0.938. The normalized spacial score (nSPS) is 11.6. The Morgan fingerprint density at radius 2 is 2.09 bits per heavy atom. The van der Waals surface area contributed by atoms with Crippen LogP contribution in [0, 0.1) is 0 Å². The van der Waals surface area contributed by atoms with Crippen molar-refractivity contribution < 1.29 is 4.74 Å². The van der Waals surface area contributed by atoms with Gasteiger partial charge in [-0.05, 0) is 20.8 Å². The number of imidazole rings is 1. The van der Waals surface area contributed by atoms with Gasteiger partial charge in [0, 0.05) is 5.54 Å². The van der Waals surface area contributed by atoms with Crippen LogP contribution in [0.3, 0.4) is 0 Å². The topological polar surface area (TPSA) is 27.1 Å². The Kier molecular flexibility index (Phi) is 1.89. The van der Waals surface area contributed by atoms with Gasteiger partial charge in [0.05, 0.1) is 19.6 Å². The van der Waals surface area contributed by atoms with Gasteiger partial charge in [-0.2, -0.15) is 0 Å². The first-order valence-corrected chi connectivity index (χ1v) is 3.62. The van der Waals surface area contributed by atoms with Crippen LogP contribution >= 0.6 is 0 Å². The lowest BCUT2D eigenvalue weighted by atomic mass is 10.1. The first-order valence-electron chi connectivity index (χ1n) is 3.62. The highest BCUT2D eigenvalue weighted by molar-refractivity contribution is 5.08. The second-order valence-corrected chi connectivity index (χ2v) is 3.48.